The van der Waals surface area contributed by atoms with E-state index in [0.29, 0.717) is 22.2 Å². The number of rotatable bonds is 7. The van der Waals surface area contributed by atoms with Crippen molar-refractivity contribution in [1.29, 1.82) is 0 Å². The maximum atomic E-state index is 11.7. The second-order valence-electron chi connectivity index (χ2n) is 4.83. The van der Waals surface area contributed by atoms with Crippen molar-refractivity contribution in [3.05, 3.63) is 58.1 Å². The van der Waals surface area contributed by atoms with Gasteiger partial charge in [-0.1, -0.05) is 29.3 Å². The molecule has 0 aliphatic carbocycles. The van der Waals surface area contributed by atoms with Gasteiger partial charge in [-0.2, -0.15) is 0 Å². The topological polar surface area (TPSA) is 72.8 Å². The Morgan fingerprint density at radius 2 is 1.88 bits per heavy atom. The van der Waals surface area contributed by atoms with Gasteiger partial charge in [0.2, 0.25) is 0 Å². The molecule has 2 aromatic rings. The number of hydrogen-bond donors (Lipinski definition) is 1. The van der Waals surface area contributed by atoms with Crippen LogP contribution in [0.4, 0.5) is 0 Å². The van der Waals surface area contributed by atoms with Gasteiger partial charge in [-0.15, -0.1) is 0 Å². The van der Waals surface area contributed by atoms with Gasteiger partial charge in [-0.3, -0.25) is 4.79 Å². The number of aromatic carboxylic acids is 1. The van der Waals surface area contributed by atoms with Crippen molar-refractivity contribution in [1.82, 2.24) is 0 Å². The van der Waals surface area contributed by atoms with E-state index >= 15 is 0 Å². The monoisotopic (exact) mass is 368 g/mol. The van der Waals surface area contributed by atoms with E-state index in [-0.39, 0.29) is 24.3 Å². The van der Waals surface area contributed by atoms with Crippen LogP contribution in [0.5, 0.6) is 11.5 Å². The van der Waals surface area contributed by atoms with E-state index in [1.165, 1.54) is 24.3 Å². The Morgan fingerprint density at radius 3 is 2.58 bits per heavy atom. The van der Waals surface area contributed by atoms with Gasteiger partial charge in [-0.05, 0) is 42.8 Å². The number of halogens is 2. The molecular weight excluding hydrogens is 355 g/mol. The van der Waals surface area contributed by atoms with Crippen LogP contribution in [0.25, 0.3) is 0 Å². The van der Waals surface area contributed by atoms with Crippen LogP contribution in [0.1, 0.15) is 23.2 Å². The smallest absolute Gasteiger partial charge is 0.335 e. The number of ether oxygens (including phenoxy) is 2. The number of esters is 1. The maximum Gasteiger partial charge on any atom is 0.335 e. The van der Waals surface area contributed by atoms with Crippen molar-refractivity contribution in [3.63, 3.8) is 0 Å². The molecule has 0 amide bonds. The molecular formula is C17H14Cl2O5. The lowest BCUT2D eigenvalue weighted by atomic mass is 10.2. The first-order valence-electron chi connectivity index (χ1n) is 7.07. The lowest BCUT2D eigenvalue weighted by Gasteiger charge is -2.08. The summed E-state index contributed by atoms with van der Waals surface area (Å²) < 4.78 is 10.6. The van der Waals surface area contributed by atoms with E-state index in [0.717, 1.165) is 0 Å². The fourth-order valence-electron chi connectivity index (χ4n) is 1.87. The number of benzene rings is 2. The summed E-state index contributed by atoms with van der Waals surface area (Å²) in [6, 6.07) is 10.6. The summed E-state index contributed by atoms with van der Waals surface area (Å²) in [5, 5.41) is 9.80. The number of carbonyl (C=O) groups excluding carboxylic acids is 1. The molecule has 126 valence electrons. The first kappa shape index (κ1) is 18.1. The Kier molecular flexibility index (Phi) is 6.46. The van der Waals surface area contributed by atoms with E-state index < -0.39 is 11.9 Å². The molecule has 0 fully saturated rings. The summed E-state index contributed by atoms with van der Waals surface area (Å²) in [5.41, 5.74) is 0.0565. The minimum atomic E-state index is -1.08. The molecule has 0 aliphatic rings. The van der Waals surface area contributed by atoms with E-state index in [1.807, 2.05) is 0 Å². The predicted molar refractivity (Wildman–Crippen MR) is 90.2 cm³/mol. The van der Waals surface area contributed by atoms with Gasteiger partial charge in [0.05, 0.1) is 17.2 Å². The Labute approximate surface area is 148 Å². The van der Waals surface area contributed by atoms with Crippen LogP contribution in [0, 0.1) is 0 Å². The second kappa shape index (κ2) is 8.57. The highest BCUT2D eigenvalue weighted by atomic mass is 35.5. The Hall–Kier alpha value is -2.24. The van der Waals surface area contributed by atoms with Crippen LogP contribution in [-0.2, 0) is 4.79 Å². The predicted octanol–water partition coefficient (Wildman–Crippen LogP) is 4.46. The SMILES string of the molecule is O=C(CCCOc1ccc(Cl)cc1Cl)Oc1cccc(C(=O)O)c1. The largest absolute Gasteiger partial charge is 0.492 e. The Bertz CT molecular complexity index is 746. The summed E-state index contributed by atoms with van der Waals surface area (Å²) in [7, 11) is 0. The van der Waals surface area contributed by atoms with Gasteiger partial charge < -0.3 is 14.6 Å². The summed E-state index contributed by atoms with van der Waals surface area (Å²) in [4.78, 5) is 22.6. The van der Waals surface area contributed by atoms with Gasteiger partial charge >= 0.3 is 11.9 Å². The average Bonchev–Trinajstić information content (AvgIpc) is 2.53. The van der Waals surface area contributed by atoms with Crippen LogP contribution in [0.3, 0.4) is 0 Å². The standard InChI is InChI=1S/C17H14Cl2O5/c18-12-6-7-15(14(19)10-12)23-8-2-5-16(20)24-13-4-1-3-11(9-13)17(21)22/h1,3-4,6-7,9-10H,2,5,8H2,(H,21,22). The second-order valence-corrected chi connectivity index (χ2v) is 5.68. The van der Waals surface area contributed by atoms with E-state index in [2.05, 4.69) is 0 Å². The molecule has 0 unspecified atom stereocenters. The summed E-state index contributed by atoms with van der Waals surface area (Å²) in [5.74, 6) is -0.866. The highest BCUT2D eigenvalue weighted by molar-refractivity contribution is 6.35. The first-order chi connectivity index (χ1) is 11.5. The van der Waals surface area contributed by atoms with E-state index in [9.17, 15) is 9.59 Å². The normalized spacial score (nSPS) is 10.2. The summed E-state index contributed by atoms with van der Waals surface area (Å²) >= 11 is 11.8. The van der Waals surface area contributed by atoms with Crippen LogP contribution in [0.15, 0.2) is 42.5 Å². The third-order valence-electron chi connectivity index (χ3n) is 2.99. The zero-order valence-electron chi connectivity index (χ0n) is 12.5. The molecule has 24 heavy (non-hydrogen) atoms. The highest BCUT2D eigenvalue weighted by Crippen LogP contribution is 2.27. The zero-order chi connectivity index (χ0) is 17.5. The summed E-state index contributed by atoms with van der Waals surface area (Å²) in [6.07, 6.45) is 0.554. The molecule has 0 aromatic heterocycles. The molecule has 5 nitrogen and oxygen atoms in total. The minimum Gasteiger partial charge on any atom is -0.492 e. The van der Waals surface area contributed by atoms with E-state index in [4.69, 9.17) is 37.8 Å². The quantitative estimate of drug-likeness (QED) is 0.443. The summed E-state index contributed by atoms with van der Waals surface area (Å²) in [6.45, 7) is 0.283. The van der Waals surface area contributed by atoms with Crippen LogP contribution < -0.4 is 9.47 Å². The van der Waals surface area contributed by atoms with Gasteiger partial charge in [-0.25, -0.2) is 4.79 Å². The molecule has 2 aromatic carbocycles. The molecule has 0 aliphatic heterocycles. The molecule has 1 N–H and O–H groups in total. The Morgan fingerprint density at radius 1 is 1.08 bits per heavy atom. The van der Waals surface area contributed by atoms with E-state index in [1.54, 1.807) is 18.2 Å². The maximum absolute atomic E-state index is 11.7. The number of carbonyl (C=O) groups is 2. The lowest BCUT2D eigenvalue weighted by Crippen LogP contribution is -2.10. The number of carboxylic acid groups (broad SMARTS) is 1. The minimum absolute atomic E-state index is 0.0565. The molecule has 0 saturated carbocycles. The third-order valence-corrected chi connectivity index (χ3v) is 3.52. The fraction of sp³-hybridized carbons (Fsp3) is 0.176. The number of hydrogen-bond acceptors (Lipinski definition) is 4. The van der Waals surface area contributed by atoms with Crippen LogP contribution in [0.2, 0.25) is 10.0 Å². The van der Waals surface area contributed by atoms with Crippen molar-refractivity contribution in [2.45, 2.75) is 12.8 Å². The molecule has 0 heterocycles. The van der Waals surface area contributed by atoms with Gasteiger partial charge in [0, 0.05) is 11.4 Å². The van der Waals surface area contributed by atoms with Crippen molar-refractivity contribution < 1.29 is 24.2 Å². The zero-order valence-corrected chi connectivity index (χ0v) is 14.0. The fourth-order valence-corrected chi connectivity index (χ4v) is 2.33. The molecule has 0 radical (unpaired) electrons. The molecule has 0 spiro atoms. The highest BCUT2D eigenvalue weighted by Gasteiger charge is 2.09. The van der Waals surface area contributed by atoms with Crippen molar-refractivity contribution in [2.24, 2.45) is 0 Å². The molecule has 0 saturated heterocycles. The first-order valence-corrected chi connectivity index (χ1v) is 7.83. The Balaban J connectivity index is 1.77. The third kappa shape index (κ3) is 5.44. The number of carboxylic acids is 1. The van der Waals surface area contributed by atoms with Gasteiger partial charge in [0.15, 0.2) is 0 Å². The molecule has 0 atom stereocenters. The van der Waals surface area contributed by atoms with Crippen molar-refractivity contribution in [2.75, 3.05) is 6.61 Å². The van der Waals surface area contributed by atoms with Gasteiger partial charge in [0.1, 0.15) is 11.5 Å². The molecule has 0 bridgehead atoms. The molecule has 2 rings (SSSR count). The lowest BCUT2D eigenvalue weighted by molar-refractivity contribution is -0.134. The van der Waals surface area contributed by atoms with Crippen LogP contribution >= 0.6 is 23.2 Å². The van der Waals surface area contributed by atoms with Gasteiger partial charge in [0.25, 0.3) is 0 Å². The van der Waals surface area contributed by atoms with Crippen LogP contribution in [-0.4, -0.2) is 23.7 Å². The van der Waals surface area contributed by atoms with Crippen molar-refractivity contribution >= 4 is 35.1 Å². The average molecular weight is 369 g/mol. The van der Waals surface area contributed by atoms with Crippen molar-refractivity contribution in [3.8, 4) is 11.5 Å². The molecule has 7 heteroatoms.